The summed E-state index contributed by atoms with van der Waals surface area (Å²) < 4.78 is 0. The summed E-state index contributed by atoms with van der Waals surface area (Å²) in [5.74, 6) is 0.833. The van der Waals surface area contributed by atoms with Crippen molar-refractivity contribution < 1.29 is 4.79 Å². The highest BCUT2D eigenvalue weighted by molar-refractivity contribution is 5.81. The maximum absolute atomic E-state index is 12.3. The number of likely N-dealkylation sites (N-methyl/N-ethyl adjacent to an activating group) is 1. The van der Waals surface area contributed by atoms with Crippen LogP contribution in [0.3, 0.4) is 0 Å². The molecular formula is C13H27N3O. The minimum absolute atomic E-state index is 0.0227. The van der Waals surface area contributed by atoms with Crippen LogP contribution in [0.1, 0.15) is 27.7 Å². The number of hydrogen-bond acceptors (Lipinski definition) is 3. The lowest BCUT2D eigenvalue weighted by Crippen LogP contribution is -2.54. The van der Waals surface area contributed by atoms with Crippen molar-refractivity contribution in [2.24, 2.45) is 5.92 Å². The van der Waals surface area contributed by atoms with Gasteiger partial charge in [0.05, 0.1) is 6.04 Å². The molecule has 2 unspecified atom stereocenters. The first-order valence-electron chi connectivity index (χ1n) is 6.66. The fourth-order valence-electron chi connectivity index (χ4n) is 2.15. The second-order valence-electron chi connectivity index (χ2n) is 5.40. The molecule has 17 heavy (non-hydrogen) atoms. The summed E-state index contributed by atoms with van der Waals surface area (Å²) in [4.78, 5) is 16.5. The van der Waals surface area contributed by atoms with E-state index in [0.29, 0.717) is 12.0 Å². The second kappa shape index (κ2) is 6.36. The van der Waals surface area contributed by atoms with Gasteiger partial charge in [0.25, 0.3) is 0 Å². The number of nitrogens with one attached hydrogen (secondary N) is 1. The van der Waals surface area contributed by atoms with Gasteiger partial charge in [-0.1, -0.05) is 13.8 Å². The quantitative estimate of drug-likeness (QED) is 0.790. The largest absolute Gasteiger partial charge is 0.339 e. The number of carbonyl (C=O) groups is 1. The normalized spacial score (nSPS) is 20.8. The molecule has 1 rings (SSSR count). The van der Waals surface area contributed by atoms with Crippen molar-refractivity contribution in [3.05, 3.63) is 0 Å². The first-order valence-corrected chi connectivity index (χ1v) is 6.66. The molecule has 0 bridgehead atoms. The molecule has 0 spiro atoms. The second-order valence-corrected chi connectivity index (χ2v) is 5.40. The topological polar surface area (TPSA) is 35.6 Å². The molecule has 1 aliphatic rings. The Hall–Kier alpha value is -0.610. The number of nitrogens with zero attached hydrogens (tertiary/aromatic N) is 2. The van der Waals surface area contributed by atoms with Crippen molar-refractivity contribution in [3.8, 4) is 0 Å². The van der Waals surface area contributed by atoms with Crippen LogP contribution in [-0.2, 0) is 4.79 Å². The molecule has 4 nitrogen and oxygen atoms in total. The lowest BCUT2D eigenvalue weighted by atomic mass is 10.0. The Morgan fingerprint density at radius 1 is 1.18 bits per heavy atom. The minimum atomic E-state index is -0.0227. The Kier molecular flexibility index (Phi) is 5.40. The average molecular weight is 241 g/mol. The Morgan fingerprint density at radius 2 is 1.71 bits per heavy atom. The van der Waals surface area contributed by atoms with E-state index in [-0.39, 0.29) is 11.9 Å². The summed E-state index contributed by atoms with van der Waals surface area (Å²) in [5, 5.41) is 3.27. The van der Waals surface area contributed by atoms with E-state index in [1.807, 2.05) is 11.8 Å². The van der Waals surface area contributed by atoms with Crippen molar-refractivity contribution in [2.45, 2.75) is 39.8 Å². The zero-order chi connectivity index (χ0) is 13.0. The van der Waals surface area contributed by atoms with E-state index in [1.54, 1.807) is 0 Å². The summed E-state index contributed by atoms with van der Waals surface area (Å²) in [7, 11) is 2.05. The summed E-state index contributed by atoms with van der Waals surface area (Å²) in [6.07, 6.45) is 0. The molecule has 4 heteroatoms. The first-order chi connectivity index (χ1) is 7.95. The zero-order valence-corrected chi connectivity index (χ0v) is 11.9. The third kappa shape index (κ3) is 3.68. The van der Waals surface area contributed by atoms with Gasteiger partial charge in [0, 0.05) is 32.2 Å². The van der Waals surface area contributed by atoms with Crippen LogP contribution in [0.4, 0.5) is 0 Å². The number of rotatable bonds is 4. The summed E-state index contributed by atoms with van der Waals surface area (Å²) >= 11 is 0. The average Bonchev–Trinajstić information content (AvgIpc) is 2.36. The van der Waals surface area contributed by atoms with Gasteiger partial charge in [-0.2, -0.15) is 0 Å². The smallest absolute Gasteiger partial charge is 0.239 e. The molecule has 0 aromatic carbocycles. The van der Waals surface area contributed by atoms with Crippen molar-refractivity contribution in [3.63, 3.8) is 0 Å². The van der Waals surface area contributed by atoms with Gasteiger partial charge < -0.3 is 10.2 Å². The number of amides is 1. The predicted octanol–water partition coefficient (Wildman–Crippen LogP) is 0.783. The third-order valence-electron chi connectivity index (χ3n) is 4.00. The van der Waals surface area contributed by atoms with E-state index < -0.39 is 0 Å². The molecule has 0 aromatic heterocycles. The van der Waals surface area contributed by atoms with Gasteiger partial charge in [0.15, 0.2) is 0 Å². The standard InChI is InChI=1S/C13H27N3O/c1-10(2)11(3)15(5)12(4)13(17)16-8-6-14-7-9-16/h10-12,14H,6-9H2,1-5H3. The van der Waals surface area contributed by atoms with Crippen LogP contribution >= 0.6 is 0 Å². The van der Waals surface area contributed by atoms with Gasteiger partial charge in [0.2, 0.25) is 5.91 Å². The number of carbonyl (C=O) groups excluding carboxylic acids is 1. The molecule has 1 aliphatic heterocycles. The van der Waals surface area contributed by atoms with Crippen molar-refractivity contribution in [1.82, 2.24) is 15.1 Å². The summed E-state index contributed by atoms with van der Waals surface area (Å²) in [6.45, 7) is 12.1. The molecule has 100 valence electrons. The van der Waals surface area contributed by atoms with Gasteiger partial charge >= 0.3 is 0 Å². The molecule has 0 aromatic rings. The molecule has 1 amide bonds. The SMILES string of the molecule is CC(C)C(C)N(C)C(C)C(=O)N1CCNCC1. The zero-order valence-electron chi connectivity index (χ0n) is 11.9. The van der Waals surface area contributed by atoms with Crippen LogP contribution in [0, 0.1) is 5.92 Å². The van der Waals surface area contributed by atoms with Gasteiger partial charge in [-0.15, -0.1) is 0 Å². The Morgan fingerprint density at radius 3 is 2.18 bits per heavy atom. The van der Waals surface area contributed by atoms with Crippen LogP contribution in [0.5, 0.6) is 0 Å². The van der Waals surface area contributed by atoms with E-state index in [0.717, 1.165) is 26.2 Å². The van der Waals surface area contributed by atoms with Crippen molar-refractivity contribution >= 4 is 5.91 Å². The molecule has 1 heterocycles. The maximum atomic E-state index is 12.3. The lowest BCUT2D eigenvalue weighted by Gasteiger charge is -2.36. The van der Waals surface area contributed by atoms with E-state index in [4.69, 9.17) is 0 Å². The van der Waals surface area contributed by atoms with Crippen LogP contribution < -0.4 is 5.32 Å². The fraction of sp³-hybridized carbons (Fsp3) is 0.923. The summed E-state index contributed by atoms with van der Waals surface area (Å²) in [6, 6.07) is 0.405. The highest BCUT2D eigenvalue weighted by Gasteiger charge is 2.28. The molecule has 0 radical (unpaired) electrons. The van der Waals surface area contributed by atoms with Crippen LogP contribution in [0.25, 0.3) is 0 Å². The van der Waals surface area contributed by atoms with Crippen molar-refractivity contribution in [1.29, 1.82) is 0 Å². The minimum Gasteiger partial charge on any atom is -0.339 e. The predicted molar refractivity (Wildman–Crippen MR) is 71.0 cm³/mol. The van der Waals surface area contributed by atoms with Gasteiger partial charge in [-0.3, -0.25) is 9.69 Å². The molecule has 0 saturated carbocycles. The van der Waals surface area contributed by atoms with E-state index >= 15 is 0 Å². The Labute approximate surface area is 105 Å². The Balaban J connectivity index is 2.55. The van der Waals surface area contributed by atoms with Crippen molar-refractivity contribution in [2.75, 3.05) is 33.2 Å². The van der Waals surface area contributed by atoms with Gasteiger partial charge in [-0.25, -0.2) is 0 Å². The Bertz CT molecular complexity index is 249. The fourth-order valence-corrected chi connectivity index (χ4v) is 2.15. The lowest BCUT2D eigenvalue weighted by molar-refractivity contribution is -0.137. The third-order valence-corrected chi connectivity index (χ3v) is 4.00. The number of piperazine rings is 1. The van der Waals surface area contributed by atoms with Crippen LogP contribution in [0.15, 0.2) is 0 Å². The highest BCUT2D eigenvalue weighted by atomic mass is 16.2. The van der Waals surface area contributed by atoms with Crippen LogP contribution in [-0.4, -0.2) is 61.0 Å². The van der Waals surface area contributed by atoms with Gasteiger partial charge in [0.1, 0.15) is 0 Å². The van der Waals surface area contributed by atoms with E-state index in [1.165, 1.54) is 0 Å². The number of hydrogen-bond donors (Lipinski definition) is 1. The van der Waals surface area contributed by atoms with E-state index in [2.05, 4.69) is 38.0 Å². The molecule has 0 aliphatic carbocycles. The molecule has 1 fully saturated rings. The molecule has 1 N–H and O–H groups in total. The molecule has 1 saturated heterocycles. The first kappa shape index (κ1) is 14.5. The molecule has 2 atom stereocenters. The van der Waals surface area contributed by atoms with Gasteiger partial charge in [-0.05, 0) is 26.8 Å². The summed E-state index contributed by atoms with van der Waals surface area (Å²) in [5.41, 5.74) is 0. The highest BCUT2D eigenvalue weighted by Crippen LogP contribution is 2.13. The monoisotopic (exact) mass is 241 g/mol. The van der Waals surface area contributed by atoms with Crippen LogP contribution in [0.2, 0.25) is 0 Å². The molecular weight excluding hydrogens is 214 g/mol. The van der Waals surface area contributed by atoms with E-state index in [9.17, 15) is 4.79 Å². The maximum Gasteiger partial charge on any atom is 0.239 e.